The molecule has 1 aliphatic carbocycles. The smallest absolute Gasteiger partial charge is 0.136 e. The Hall–Kier alpha value is -0.370. The summed E-state index contributed by atoms with van der Waals surface area (Å²) in [6, 6.07) is 0.0908. The summed E-state index contributed by atoms with van der Waals surface area (Å²) in [4.78, 5) is 10.5. The van der Waals surface area contributed by atoms with Gasteiger partial charge in [-0.2, -0.15) is 0 Å². The van der Waals surface area contributed by atoms with Gasteiger partial charge >= 0.3 is 0 Å². The van der Waals surface area contributed by atoms with E-state index in [0.29, 0.717) is 0 Å². The topological polar surface area (TPSA) is 29.1 Å². The van der Waals surface area contributed by atoms with Gasteiger partial charge in [-0.05, 0) is 19.4 Å². The van der Waals surface area contributed by atoms with Crippen LogP contribution < -0.4 is 5.32 Å². The van der Waals surface area contributed by atoms with Gasteiger partial charge in [-0.15, -0.1) is 0 Å². The second kappa shape index (κ2) is 5.31. The maximum atomic E-state index is 10.5. The highest BCUT2D eigenvalue weighted by molar-refractivity contribution is 5.57. The van der Waals surface area contributed by atoms with E-state index in [1.54, 1.807) is 0 Å². The number of aldehydes is 1. The van der Waals surface area contributed by atoms with Crippen molar-refractivity contribution in [3.8, 4) is 0 Å². The maximum Gasteiger partial charge on any atom is 0.136 e. The monoisotopic (exact) mass is 171 g/mol. The summed E-state index contributed by atoms with van der Waals surface area (Å²) in [5.74, 6) is 0.793. The molecule has 0 bridgehead atoms. The molecule has 0 radical (unpaired) electrons. The van der Waals surface area contributed by atoms with Gasteiger partial charge in [0.2, 0.25) is 0 Å². The van der Waals surface area contributed by atoms with Gasteiger partial charge in [-0.1, -0.05) is 32.1 Å². The molecular weight excluding hydrogens is 150 g/mol. The molecule has 1 saturated carbocycles. The Balaban J connectivity index is 0.00000144. The Kier molecular flexibility index (Phi) is 4.30. The first-order chi connectivity index (χ1) is 5.86. The molecule has 1 N–H and O–H groups in total. The van der Waals surface area contributed by atoms with Crippen LogP contribution >= 0.6 is 0 Å². The highest BCUT2D eigenvalue weighted by atomic mass is 16.1. The zero-order valence-electron chi connectivity index (χ0n) is 7.88. The molecule has 2 heteroatoms. The van der Waals surface area contributed by atoms with E-state index in [-0.39, 0.29) is 7.47 Å². The van der Waals surface area contributed by atoms with Crippen molar-refractivity contribution < 1.29 is 6.22 Å². The van der Waals surface area contributed by atoms with Gasteiger partial charge in [0.1, 0.15) is 6.29 Å². The van der Waals surface area contributed by atoms with Crippen molar-refractivity contribution in [2.45, 2.75) is 44.6 Å². The van der Waals surface area contributed by atoms with E-state index in [1.165, 1.54) is 32.1 Å². The number of hydrogen-bond donors (Lipinski definition) is 1. The first kappa shape index (κ1) is 9.72. The van der Waals surface area contributed by atoms with E-state index >= 15 is 0 Å². The van der Waals surface area contributed by atoms with Crippen LogP contribution in [-0.4, -0.2) is 19.4 Å². The Morgan fingerprint density at radius 3 is 2.67 bits per heavy atom. The fraction of sp³-hybridized carbons (Fsp3) is 0.900. The number of carbonyl (C=O) groups is 1. The number of rotatable bonds is 4. The molecule has 1 aliphatic rings. The van der Waals surface area contributed by atoms with Crippen LogP contribution in [-0.2, 0) is 4.79 Å². The highest BCUT2D eigenvalue weighted by Gasteiger charge is 2.16. The Bertz CT molecular complexity index is 135. The molecule has 0 aromatic heterocycles. The lowest BCUT2D eigenvalue weighted by Gasteiger charge is -2.23. The van der Waals surface area contributed by atoms with Crippen LogP contribution in [0.15, 0.2) is 0 Å². The third-order valence-corrected chi connectivity index (χ3v) is 2.85. The minimum Gasteiger partial charge on any atom is -0.311 e. The molecule has 0 saturated heterocycles. The highest BCUT2D eigenvalue weighted by Crippen LogP contribution is 2.26. The fourth-order valence-corrected chi connectivity index (χ4v) is 2.02. The molecule has 0 amide bonds. The molecule has 72 valence electrons. The average Bonchev–Trinajstić information content (AvgIpc) is 2.16. The zero-order chi connectivity index (χ0) is 8.81. The van der Waals surface area contributed by atoms with Gasteiger partial charge in [0.25, 0.3) is 0 Å². The molecule has 1 atom stereocenters. The molecular formula is C10H21NO. The van der Waals surface area contributed by atoms with Crippen molar-refractivity contribution in [3.63, 3.8) is 0 Å². The van der Waals surface area contributed by atoms with E-state index in [2.05, 4.69) is 5.32 Å². The molecule has 1 rings (SSSR count). The van der Waals surface area contributed by atoms with Gasteiger partial charge < -0.3 is 10.1 Å². The third kappa shape index (κ3) is 2.94. The largest absolute Gasteiger partial charge is 0.311 e. The minimum atomic E-state index is 0. The average molecular weight is 171 g/mol. The van der Waals surface area contributed by atoms with Crippen molar-refractivity contribution in [2.75, 3.05) is 7.05 Å². The van der Waals surface area contributed by atoms with Crippen molar-refractivity contribution in [1.29, 1.82) is 0 Å². The summed E-state index contributed by atoms with van der Waals surface area (Å²) < 4.78 is 0. The number of nitrogens with one attached hydrogen (secondary N) is 1. The van der Waals surface area contributed by atoms with E-state index in [4.69, 9.17) is 0 Å². The molecule has 12 heavy (non-hydrogen) atoms. The van der Waals surface area contributed by atoms with E-state index < -0.39 is 0 Å². The first-order valence-corrected chi connectivity index (χ1v) is 4.99. The molecule has 2 nitrogen and oxygen atoms in total. The van der Waals surface area contributed by atoms with Gasteiger partial charge in [-0.25, -0.2) is 0 Å². The maximum absolute atomic E-state index is 10.5. The predicted octanol–water partition coefficient (Wildman–Crippen LogP) is 1.99. The summed E-state index contributed by atoms with van der Waals surface area (Å²) in [6.45, 7) is 0. The van der Waals surface area contributed by atoms with Gasteiger partial charge in [0, 0.05) is 1.43 Å². The third-order valence-electron chi connectivity index (χ3n) is 2.85. The van der Waals surface area contributed by atoms with Crippen LogP contribution in [0.4, 0.5) is 0 Å². The lowest BCUT2D eigenvalue weighted by molar-refractivity contribution is -0.109. The van der Waals surface area contributed by atoms with Crippen molar-refractivity contribution in [3.05, 3.63) is 0 Å². The zero-order valence-corrected chi connectivity index (χ0v) is 7.88. The Labute approximate surface area is 76.2 Å². The van der Waals surface area contributed by atoms with E-state index in [1.807, 2.05) is 7.05 Å². The molecule has 0 heterocycles. The lowest BCUT2D eigenvalue weighted by Crippen LogP contribution is -2.29. The van der Waals surface area contributed by atoms with E-state index in [9.17, 15) is 4.79 Å². The van der Waals surface area contributed by atoms with Crippen LogP contribution in [0.25, 0.3) is 0 Å². The molecule has 0 unspecified atom stereocenters. The predicted molar refractivity (Wildman–Crippen MR) is 52.2 cm³/mol. The Morgan fingerprint density at radius 1 is 1.50 bits per heavy atom. The molecule has 0 aliphatic heterocycles. The Morgan fingerprint density at radius 2 is 2.17 bits per heavy atom. The standard InChI is InChI=1S/C10H19NO.H2/c1-11-10(8-12)7-9-5-3-2-4-6-9;/h8-11H,2-7H2,1H3;1H/t10-;/m0./s1. The van der Waals surface area contributed by atoms with Crippen LogP contribution in [0.2, 0.25) is 0 Å². The molecule has 0 spiro atoms. The van der Waals surface area contributed by atoms with E-state index in [0.717, 1.165) is 18.6 Å². The normalized spacial score (nSPS) is 22.1. The second-order valence-corrected chi connectivity index (χ2v) is 3.77. The van der Waals surface area contributed by atoms with Crippen LogP contribution in [0.1, 0.15) is 40.0 Å². The SMILES string of the molecule is CN[C@H](C=O)CC1CCCCC1.[HH]. The minimum absolute atomic E-state index is 0. The van der Waals surface area contributed by atoms with Crippen molar-refractivity contribution in [1.82, 2.24) is 5.32 Å². The number of likely N-dealkylation sites (N-methyl/N-ethyl adjacent to an activating group) is 1. The lowest BCUT2D eigenvalue weighted by atomic mass is 9.85. The summed E-state index contributed by atoms with van der Waals surface area (Å²) in [6.07, 6.45) is 8.84. The second-order valence-electron chi connectivity index (χ2n) is 3.77. The number of carbonyl (C=O) groups excluding carboxylic acids is 1. The van der Waals surface area contributed by atoms with Crippen LogP contribution in [0.3, 0.4) is 0 Å². The van der Waals surface area contributed by atoms with Crippen molar-refractivity contribution in [2.24, 2.45) is 5.92 Å². The molecule has 0 aromatic carbocycles. The summed E-state index contributed by atoms with van der Waals surface area (Å²) in [5, 5.41) is 3.03. The quantitative estimate of drug-likeness (QED) is 0.655. The van der Waals surface area contributed by atoms with Gasteiger partial charge in [-0.3, -0.25) is 0 Å². The van der Waals surface area contributed by atoms with Crippen LogP contribution in [0, 0.1) is 5.92 Å². The first-order valence-electron chi connectivity index (χ1n) is 4.99. The number of hydrogen-bond acceptors (Lipinski definition) is 2. The van der Waals surface area contributed by atoms with Crippen molar-refractivity contribution >= 4 is 6.29 Å². The summed E-state index contributed by atoms with van der Waals surface area (Å²) >= 11 is 0. The summed E-state index contributed by atoms with van der Waals surface area (Å²) in [5.41, 5.74) is 0. The van der Waals surface area contributed by atoms with Gasteiger partial charge in [0.15, 0.2) is 0 Å². The fourth-order valence-electron chi connectivity index (χ4n) is 2.02. The summed E-state index contributed by atoms with van der Waals surface area (Å²) in [7, 11) is 1.86. The molecule has 1 fully saturated rings. The van der Waals surface area contributed by atoms with Crippen LogP contribution in [0.5, 0.6) is 0 Å². The molecule has 0 aromatic rings. The van der Waals surface area contributed by atoms with Gasteiger partial charge in [0.05, 0.1) is 6.04 Å².